The van der Waals surface area contributed by atoms with Gasteiger partial charge in [-0.25, -0.2) is 0 Å². The van der Waals surface area contributed by atoms with Crippen LogP contribution >= 0.6 is 0 Å². The summed E-state index contributed by atoms with van der Waals surface area (Å²) in [7, 11) is 1.68. The molecule has 9 heteroatoms. The highest BCUT2D eigenvalue weighted by atomic mass is 16.3. The Balaban J connectivity index is 1.67. The van der Waals surface area contributed by atoms with Crippen LogP contribution in [0.15, 0.2) is 35.1 Å². The van der Waals surface area contributed by atoms with Gasteiger partial charge in [0, 0.05) is 18.9 Å². The number of carbonyl (C=O) groups is 2. The Labute approximate surface area is 150 Å². The minimum absolute atomic E-state index is 0.0576. The molecule has 136 valence electrons. The Morgan fingerprint density at radius 3 is 2.73 bits per heavy atom. The van der Waals surface area contributed by atoms with E-state index in [0.717, 1.165) is 11.4 Å². The van der Waals surface area contributed by atoms with E-state index in [1.54, 1.807) is 30.1 Å². The van der Waals surface area contributed by atoms with Crippen LogP contribution in [0.5, 0.6) is 0 Å². The van der Waals surface area contributed by atoms with Crippen molar-refractivity contribution < 1.29 is 14.0 Å². The summed E-state index contributed by atoms with van der Waals surface area (Å²) in [5, 5.41) is 13.8. The Morgan fingerprint density at radius 2 is 2.08 bits per heavy atom. The predicted molar refractivity (Wildman–Crippen MR) is 93.4 cm³/mol. The number of anilines is 1. The summed E-state index contributed by atoms with van der Waals surface area (Å²) in [6.45, 7) is 4.04. The average molecular weight is 356 g/mol. The topological polar surface area (TPSA) is 107 Å². The quantitative estimate of drug-likeness (QED) is 0.694. The summed E-state index contributed by atoms with van der Waals surface area (Å²) < 4.78 is 8.26. The zero-order chi connectivity index (χ0) is 18.7. The van der Waals surface area contributed by atoms with E-state index in [1.807, 2.05) is 19.9 Å². The van der Waals surface area contributed by atoms with Gasteiger partial charge in [-0.15, -0.1) is 0 Å². The van der Waals surface area contributed by atoms with Crippen molar-refractivity contribution in [3.8, 4) is 0 Å². The first kappa shape index (κ1) is 17.5. The molecule has 3 aromatic rings. The molecule has 0 saturated carbocycles. The van der Waals surface area contributed by atoms with Gasteiger partial charge < -0.3 is 15.1 Å². The van der Waals surface area contributed by atoms with E-state index in [0.29, 0.717) is 11.4 Å². The molecule has 0 aromatic carbocycles. The van der Waals surface area contributed by atoms with Crippen molar-refractivity contribution in [2.45, 2.75) is 26.9 Å². The Hall–Kier alpha value is -3.36. The third-order valence-electron chi connectivity index (χ3n) is 3.72. The van der Waals surface area contributed by atoms with Crippen LogP contribution in [-0.2, 0) is 24.9 Å². The van der Waals surface area contributed by atoms with E-state index < -0.39 is 5.91 Å². The standard InChI is InChI=1S/C17H20N6O3/c1-11-7-12(2)23(20-11)10-15(24)19-14-9-22(3)21-16(14)17(25)18-8-13-5-4-6-26-13/h4-7,9H,8,10H2,1-3H3,(H,18,25)(H,19,24). The highest BCUT2D eigenvalue weighted by molar-refractivity contribution is 6.02. The first-order valence-electron chi connectivity index (χ1n) is 8.07. The molecule has 3 heterocycles. The van der Waals surface area contributed by atoms with Crippen LogP contribution in [0.4, 0.5) is 5.69 Å². The van der Waals surface area contributed by atoms with Crippen LogP contribution in [-0.4, -0.2) is 31.4 Å². The number of furan rings is 1. The van der Waals surface area contributed by atoms with Gasteiger partial charge in [0.15, 0.2) is 5.69 Å². The fourth-order valence-electron chi connectivity index (χ4n) is 2.57. The maximum Gasteiger partial charge on any atom is 0.274 e. The van der Waals surface area contributed by atoms with E-state index in [-0.39, 0.29) is 24.7 Å². The molecule has 26 heavy (non-hydrogen) atoms. The lowest BCUT2D eigenvalue weighted by Crippen LogP contribution is -2.26. The van der Waals surface area contributed by atoms with E-state index in [2.05, 4.69) is 20.8 Å². The second kappa shape index (κ2) is 7.26. The maximum atomic E-state index is 12.4. The largest absolute Gasteiger partial charge is 0.467 e. The molecule has 0 aliphatic heterocycles. The molecule has 3 rings (SSSR count). The fraction of sp³-hybridized carbons (Fsp3) is 0.294. The number of nitrogens with zero attached hydrogens (tertiary/aromatic N) is 4. The van der Waals surface area contributed by atoms with Gasteiger partial charge in [0.2, 0.25) is 5.91 Å². The van der Waals surface area contributed by atoms with Crippen LogP contribution in [0.3, 0.4) is 0 Å². The third kappa shape index (κ3) is 4.00. The molecule has 0 radical (unpaired) electrons. The number of amides is 2. The van der Waals surface area contributed by atoms with Crippen LogP contribution in [0.25, 0.3) is 0 Å². The Morgan fingerprint density at radius 1 is 1.27 bits per heavy atom. The van der Waals surface area contributed by atoms with Crippen molar-refractivity contribution in [3.05, 3.63) is 53.5 Å². The van der Waals surface area contributed by atoms with Crippen LogP contribution in [0.2, 0.25) is 0 Å². The molecule has 0 fully saturated rings. The molecule has 0 atom stereocenters. The summed E-state index contributed by atoms with van der Waals surface area (Å²) in [4.78, 5) is 24.7. The molecule has 3 aromatic heterocycles. The summed E-state index contributed by atoms with van der Waals surface area (Å²) in [6.07, 6.45) is 3.12. The first-order chi connectivity index (χ1) is 12.4. The number of hydrogen-bond donors (Lipinski definition) is 2. The molecule has 9 nitrogen and oxygen atoms in total. The highest BCUT2D eigenvalue weighted by Crippen LogP contribution is 2.14. The molecule has 0 spiro atoms. The fourth-order valence-corrected chi connectivity index (χ4v) is 2.57. The molecular formula is C17H20N6O3. The number of aryl methyl sites for hydroxylation is 3. The molecule has 0 bridgehead atoms. The Kier molecular flexibility index (Phi) is 4.87. The van der Waals surface area contributed by atoms with Crippen LogP contribution < -0.4 is 10.6 Å². The highest BCUT2D eigenvalue weighted by Gasteiger charge is 2.18. The van der Waals surface area contributed by atoms with Crippen molar-refractivity contribution in [2.75, 3.05) is 5.32 Å². The number of carbonyl (C=O) groups excluding carboxylic acids is 2. The lowest BCUT2D eigenvalue weighted by atomic mass is 10.3. The monoisotopic (exact) mass is 356 g/mol. The molecule has 0 aliphatic carbocycles. The average Bonchev–Trinajstić information content (AvgIpc) is 3.27. The van der Waals surface area contributed by atoms with Gasteiger partial charge in [0.05, 0.1) is 24.2 Å². The van der Waals surface area contributed by atoms with E-state index in [4.69, 9.17) is 4.42 Å². The molecule has 0 unspecified atom stereocenters. The lowest BCUT2D eigenvalue weighted by Gasteiger charge is -2.07. The number of hydrogen-bond acceptors (Lipinski definition) is 5. The van der Waals surface area contributed by atoms with Crippen LogP contribution in [0.1, 0.15) is 27.6 Å². The van der Waals surface area contributed by atoms with Gasteiger partial charge in [-0.3, -0.25) is 19.0 Å². The first-order valence-corrected chi connectivity index (χ1v) is 8.07. The van der Waals surface area contributed by atoms with Crippen LogP contribution in [0, 0.1) is 13.8 Å². The van der Waals surface area contributed by atoms with Crippen molar-refractivity contribution in [1.82, 2.24) is 24.9 Å². The summed E-state index contributed by atoms with van der Waals surface area (Å²) in [5.41, 5.74) is 2.21. The van der Waals surface area contributed by atoms with Crippen molar-refractivity contribution in [2.24, 2.45) is 7.05 Å². The van der Waals surface area contributed by atoms with Crippen molar-refractivity contribution >= 4 is 17.5 Å². The molecular weight excluding hydrogens is 336 g/mol. The van der Waals surface area contributed by atoms with Gasteiger partial charge >= 0.3 is 0 Å². The molecule has 0 saturated heterocycles. The smallest absolute Gasteiger partial charge is 0.274 e. The predicted octanol–water partition coefficient (Wildman–Crippen LogP) is 1.40. The zero-order valence-corrected chi connectivity index (χ0v) is 14.8. The Bertz CT molecular complexity index is 923. The normalized spacial score (nSPS) is 10.7. The number of aromatic nitrogens is 4. The number of nitrogens with one attached hydrogen (secondary N) is 2. The second-order valence-electron chi connectivity index (χ2n) is 5.96. The third-order valence-corrected chi connectivity index (χ3v) is 3.72. The SMILES string of the molecule is Cc1cc(C)n(CC(=O)Nc2cn(C)nc2C(=O)NCc2ccco2)n1. The van der Waals surface area contributed by atoms with Gasteiger partial charge in [-0.1, -0.05) is 0 Å². The van der Waals surface area contributed by atoms with Crippen molar-refractivity contribution in [3.63, 3.8) is 0 Å². The summed E-state index contributed by atoms with van der Waals surface area (Å²) in [6, 6.07) is 5.40. The lowest BCUT2D eigenvalue weighted by molar-refractivity contribution is -0.116. The minimum atomic E-state index is -0.400. The van der Waals surface area contributed by atoms with Gasteiger partial charge in [0.1, 0.15) is 12.3 Å². The van der Waals surface area contributed by atoms with Gasteiger partial charge in [-0.2, -0.15) is 10.2 Å². The second-order valence-corrected chi connectivity index (χ2v) is 5.96. The molecule has 2 amide bonds. The van der Waals surface area contributed by atoms with E-state index in [9.17, 15) is 9.59 Å². The minimum Gasteiger partial charge on any atom is -0.467 e. The summed E-state index contributed by atoms with van der Waals surface area (Å²) >= 11 is 0. The number of rotatable bonds is 6. The molecule has 2 N–H and O–H groups in total. The summed E-state index contributed by atoms with van der Waals surface area (Å²) in [5.74, 6) is -0.0582. The van der Waals surface area contributed by atoms with Crippen molar-refractivity contribution in [1.29, 1.82) is 0 Å². The van der Waals surface area contributed by atoms with E-state index in [1.165, 1.54) is 10.9 Å². The molecule has 0 aliphatic rings. The maximum absolute atomic E-state index is 12.4. The van der Waals surface area contributed by atoms with Gasteiger partial charge in [0.25, 0.3) is 5.91 Å². The van der Waals surface area contributed by atoms with E-state index >= 15 is 0 Å². The zero-order valence-electron chi connectivity index (χ0n) is 14.8. The van der Waals surface area contributed by atoms with Gasteiger partial charge in [-0.05, 0) is 32.0 Å².